The molecule has 1 rings (SSSR count). The summed E-state index contributed by atoms with van der Waals surface area (Å²) in [5.41, 5.74) is 0. The van der Waals surface area contributed by atoms with Crippen LogP contribution in [0.25, 0.3) is 0 Å². The van der Waals surface area contributed by atoms with E-state index < -0.39 is 8.60 Å². The van der Waals surface area contributed by atoms with Crippen LogP contribution in [0.5, 0.6) is 0 Å². The van der Waals surface area contributed by atoms with Gasteiger partial charge in [0.05, 0.1) is 12.7 Å². The molecule has 1 saturated heterocycles. The molecule has 1 heterocycles. The van der Waals surface area contributed by atoms with Gasteiger partial charge in [0.15, 0.2) is 0 Å². The number of piperidine rings is 1. The van der Waals surface area contributed by atoms with E-state index in [1.165, 1.54) is 103 Å². The van der Waals surface area contributed by atoms with Gasteiger partial charge in [-0.25, -0.2) is 0 Å². The molecule has 0 N–H and O–H groups in total. The Morgan fingerprint density at radius 2 is 1.16 bits per heavy atom. The number of rotatable bonds is 22. The van der Waals surface area contributed by atoms with Crippen LogP contribution in [0.15, 0.2) is 0 Å². The molecule has 186 valence electrons. The Kier molecular flexibility index (Phi) is 20.9. The van der Waals surface area contributed by atoms with Crippen LogP contribution in [0.1, 0.15) is 129 Å². The maximum Gasteiger partial charge on any atom is 0.332 e. The van der Waals surface area contributed by atoms with Crippen LogP contribution in [0, 0.1) is 0 Å². The predicted octanol–water partition coefficient (Wildman–Crippen LogP) is 8.64. The van der Waals surface area contributed by atoms with E-state index in [1.807, 2.05) is 0 Å². The van der Waals surface area contributed by atoms with Gasteiger partial charge >= 0.3 is 8.60 Å². The molecule has 0 aliphatic carbocycles. The van der Waals surface area contributed by atoms with E-state index in [0.29, 0.717) is 6.10 Å². The molecule has 0 saturated carbocycles. The fraction of sp³-hybridized carbons (Fsp3) is 1.00. The Morgan fingerprint density at radius 3 is 1.65 bits per heavy atom. The molecular weight excluding hydrogens is 405 g/mol. The van der Waals surface area contributed by atoms with Gasteiger partial charge in [0, 0.05) is 20.2 Å². The largest absolute Gasteiger partial charge is 0.332 e. The molecular formula is C26H54NO3P. The smallest absolute Gasteiger partial charge is 0.316 e. The summed E-state index contributed by atoms with van der Waals surface area (Å²) in [5.74, 6) is 0. The summed E-state index contributed by atoms with van der Waals surface area (Å²) < 4.78 is 17.5. The van der Waals surface area contributed by atoms with Crippen molar-refractivity contribution in [2.24, 2.45) is 0 Å². The third-order valence-electron chi connectivity index (χ3n) is 6.44. The Hall–Kier alpha value is 0.270. The van der Waals surface area contributed by atoms with Crippen LogP contribution in [0.3, 0.4) is 0 Å². The first kappa shape index (κ1) is 29.3. The van der Waals surface area contributed by atoms with Crippen molar-refractivity contribution in [2.75, 3.05) is 33.4 Å². The number of likely N-dealkylation sites (tertiary alicyclic amines) is 1. The van der Waals surface area contributed by atoms with E-state index in [1.54, 1.807) is 7.11 Å². The summed E-state index contributed by atoms with van der Waals surface area (Å²) in [6, 6.07) is 0. The maximum atomic E-state index is 6.11. The Morgan fingerprint density at radius 1 is 0.677 bits per heavy atom. The Labute approximate surface area is 196 Å². The molecule has 31 heavy (non-hydrogen) atoms. The molecule has 1 aliphatic rings. The maximum absolute atomic E-state index is 6.11. The lowest BCUT2D eigenvalue weighted by molar-refractivity contribution is 0.0728. The lowest BCUT2D eigenvalue weighted by atomic mass is 10.0. The standard InChI is InChI=1S/C26H54NO3P/c1-4-6-8-9-10-11-12-13-14-15-16-17-18-19-25-29-31(28-3)30-26-20-23-27(24-21-26)22-7-5-2/h26H,4-25H2,1-3H3. The van der Waals surface area contributed by atoms with Crippen LogP contribution in [0.4, 0.5) is 0 Å². The molecule has 4 nitrogen and oxygen atoms in total. The molecule has 0 radical (unpaired) electrons. The van der Waals surface area contributed by atoms with Crippen molar-refractivity contribution in [1.29, 1.82) is 0 Å². The summed E-state index contributed by atoms with van der Waals surface area (Å²) in [7, 11) is 0.549. The highest BCUT2D eigenvalue weighted by Gasteiger charge is 2.23. The number of hydrogen-bond acceptors (Lipinski definition) is 4. The molecule has 5 heteroatoms. The average Bonchev–Trinajstić information content (AvgIpc) is 2.80. The fourth-order valence-electron chi connectivity index (χ4n) is 4.30. The second-order valence-corrected chi connectivity index (χ2v) is 10.6. The van der Waals surface area contributed by atoms with Crippen molar-refractivity contribution in [3.05, 3.63) is 0 Å². The minimum Gasteiger partial charge on any atom is -0.316 e. The van der Waals surface area contributed by atoms with Crippen LogP contribution in [0.2, 0.25) is 0 Å². The molecule has 1 unspecified atom stereocenters. The van der Waals surface area contributed by atoms with E-state index in [4.69, 9.17) is 13.6 Å². The van der Waals surface area contributed by atoms with Crippen LogP contribution in [-0.2, 0) is 13.6 Å². The Bertz CT molecular complexity index is 365. The quantitative estimate of drug-likeness (QED) is 0.120. The summed E-state index contributed by atoms with van der Waals surface area (Å²) in [6.45, 7) is 8.85. The highest BCUT2D eigenvalue weighted by molar-refractivity contribution is 7.41. The van der Waals surface area contributed by atoms with Gasteiger partial charge in [0.2, 0.25) is 0 Å². The predicted molar refractivity (Wildman–Crippen MR) is 136 cm³/mol. The van der Waals surface area contributed by atoms with E-state index in [9.17, 15) is 0 Å². The highest BCUT2D eigenvalue weighted by Crippen LogP contribution is 2.42. The summed E-state index contributed by atoms with van der Waals surface area (Å²) >= 11 is 0. The van der Waals surface area contributed by atoms with Gasteiger partial charge in [-0.15, -0.1) is 0 Å². The molecule has 1 atom stereocenters. The van der Waals surface area contributed by atoms with Crippen molar-refractivity contribution in [1.82, 2.24) is 4.90 Å². The van der Waals surface area contributed by atoms with Gasteiger partial charge < -0.3 is 18.5 Å². The average molecular weight is 460 g/mol. The molecule has 0 aromatic carbocycles. The molecule has 0 aromatic heterocycles. The molecule has 1 fully saturated rings. The number of nitrogens with zero attached hydrogens (tertiary/aromatic N) is 1. The molecule has 0 aromatic rings. The Balaban J connectivity index is 1.86. The second-order valence-electron chi connectivity index (χ2n) is 9.34. The van der Waals surface area contributed by atoms with E-state index >= 15 is 0 Å². The van der Waals surface area contributed by atoms with Gasteiger partial charge in [0.25, 0.3) is 0 Å². The van der Waals surface area contributed by atoms with Crippen molar-refractivity contribution >= 4 is 8.60 Å². The third-order valence-corrected chi connectivity index (χ3v) is 7.60. The third kappa shape index (κ3) is 17.4. The first-order valence-corrected chi connectivity index (χ1v) is 14.8. The lowest BCUT2D eigenvalue weighted by Crippen LogP contribution is -2.37. The number of unbranched alkanes of at least 4 members (excludes halogenated alkanes) is 14. The zero-order valence-corrected chi connectivity index (χ0v) is 22.1. The van der Waals surface area contributed by atoms with Crippen molar-refractivity contribution in [2.45, 2.75) is 136 Å². The van der Waals surface area contributed by atoms with Crippen molar-refractivity contribution in [3.63, 3.8) is 0 Å². The van der Waals surface area contributed by atoms with Crippen molar-refractivity contribution in [3.8, 4) is 0 Å². The van der Waals surface area contributed by atoms with Gasteiger partial charge in [-0.3, -0.25) is 0 Å². The first-order chi connectivity index (χ1) is 15.3. The second kappa shape index (κ2) is 22.1. The highest BCUT2D eigenvalue weighted by atomic mass is 31.2. The molecule has 0 bridgehead atoms. The topological polar surface area (TPSA) is 30.9 Å². The van der Waals surface area contributed by atoms with Gasteiger partial charge in [-0.2, -0.15) is 0 Å². The van der Waals surface area contributed by atoms with Crippen LogP contribution in [-0.4, -0.2) is 44.4 Å². The van der Waals surface area contributed by atoms with E-state index in [-0.39, 0.29) is 0 Å². The molecule has 1 aliphatic heterocycles. The monoisotopic (exact) mass is 459 g/mol. The molecule has 0 amide bonds. The minimum atomic E-state index is -1.17. The first-order valence-electron chi connectivity index (χ1n) is 13.7. The van der Waals surface area contributed by atoms with Crippen molar-refractivity contribution < 1.29 is 13.6 Å². The van der Waals surface area contributed by atoms with E-state index in [2.05, 4.69) is 18.7 Å². The summed E-state index contributed by atoms with van der Waals surface area (Å²) in [4.78, 5) is 2.56. The van der Waals surface area contributed by atoms with Gasteiger partial charge in [0.1, 0.15) is 0 Å². The lowest BCUT2D eigenvalue weighted by Gasteiger charge is -2.32. The summed E-state index contributed by atoms with van der Waals surface area (Å²) in [5, 5.41) is 0. The van der Waals surface area contributed by atoms with Crippen LogP contribution >= 0.6 is 8.60 Å². The normalized spacial score (nSPS) is 16.7. The number of hydrogen-bond donors (Lipinski definition) is 0. The van der Waals surface area contributed by atoms with Gasteiger partial charge in [-0.1, -0.05) is 104 Å². The fourth-order valence-corrected chi connectivity index (χ4v) is 5.29. The van der Waals surface area contributed by atoms with Gasteiger partial charge in [-0.05, 0) is 32.2 Å². The van der Waals surface area contributed by atoms with E-state index in [0.717, 1.165) is 39.0 Å². The minimum absolute atomic E-state index is 0.306. The zero-order chi connectivity index (χ0) is 22.4. The summed E-state index contributed by atoms with van der Waals surface area (Å²) in [6.07, 6.45) is 24.5. The SMILES string of the molecule is CCCCCCCCCCCCCCCCOP(OC)OC1CCN(CCCC)CC1. The zero-order valence-electron chi connectivity index (χ0n) is 21.3. The molecule has 0 spiro atoms. The van der Waals surface area contributed by atoms with Crippen LogP contribution < -0.4 is 0 Å².